The van der Waals surface area contributed by atoms with E-state index in [-0.39, 0.29) is 5.69 Å². The second-order valence-corrected chi connectivity index (χ2v) is 4.33. The van der Waals surface area contributed by atoms with Gasteiger partial charge in [-0.1, -0.05) is 15.9 Å². The van der Waals surface area contributed by atoms with Crippen LogP contribution in [0.3, 0.4) is 0 Å². The Morgan fingerprint density at radius 2 is 2.29 bits per heavy atom. The molecule has 0 fully saturated rings. The first-order chi connectivity index (χ1) is 7.91. The van der Waals surface area contributed by atoms with E-state index in [9.17, 15) is 14.9 Å². The molecule has 1 aromatic rings. The number of nitrogens with one attached hydrogen (secondary N) is 1. The molecule has 0 radical (unpaired) electrons. The van der Waals surface area contributed by atoms with Gasteiger partial charge in [-0.05, 0) is 18.6 Å². The fourth-order valence-corrected chi connectivity index (χ4v) is 1.65. The van der Waals surface area contributed by atoms with E-state index >= 15 is 0 Å². The van der Waals surface area contributed by atoms with Crippen molar-refractivity contribution >= 4 is 27.6 Å². The Hall–Kier alpha value is -1.47. The maximum Gasteiger partial charge on any atom is 0.320 e. The summed E-state index contributed by atoms with van der Waals surface area (Å²) < 4.78 is 0.580. The number of nitro benzene ring substituents is 1. The Bertz CT molecular complexity index is 450. The molecule has 1 unspecified atom stereocenters. The lowest BCUT2D eigenvalue weighted by atomic mass is 10.2. The highest BCUT2D eigenvalue weighted by atomic mass is 79.9. The van der Waals surface area contributed by atoms with Crippen LogP contribution in [0.5, 0.6) is 0 Å². The van der Waals surface area contributed by atoms with Gasteiger partial charge >= 0.3 is 5.97 Å². The summed E-state index contributed by atoms with van der Waals surface area (Å²) in [5.74, 6) is -0.942. The summed E-state index contributed by atoms with van der Waals surface area (Å²) in [7, 11) is 0. The van der Waals surface area contributed by atoms with Crippen molar-refractivity contribution in [2.24, 2.45) is 0 Å². The van der Waals surface area contributed by atoms with Gasteiger partial charge in [-0.25, -0.2) is 0 Å². The Morgan fingerprint density at radius 3 is 2.76 bits per heavy atom. The van der Waals surface area contributed by atoms with E-state index in [0.29, 0.717) is 11.0 Å². The highest BCUT2D eigenvalue weighted by Crippen LogP contribution is 2.22. The molecule has 0 spiro atoms. The quantitative estimate of drug-likeness (QED) is 0.640. The van der Waals surface area contributed by atoms with E-state index in [4.69, 9.17) is 5.11 Å². The van der Waals surface area contributed by atoms with Crippen molar-refractivity contribution in [2.75, 3.05) is 0 Å². The number of non-ortho nitro benzene ring substituents is 1. The van der Waals surface area contributed by atoms with Crippen molar-refractivity contribution in [1.82, 2.24) is 5.32 Å². The summed E-state index contributed by atoms with van der Waals surface area (Å²) in [6.45, 7) is 1.85. The maximum atomic E-state index is 10.6. The topological polar surface area (TPSA) is 92.5 Å². The van der Waals surface area contributed by atoms with E-state index in [1.807, 2.05) is 0 Å². The van der Waals surface area contributed by atoms with Gasteiger partial charge in [0.1, 0.15) is 6.04 Å². The minimum atomic E-state index is -0.942. The molecule has 92 valence electrons. The number of benzene rings is 1. The van der Waals surface area contributed by atoms with Crippen molar-refractivity contribution in [3.05, 3.63) is 38.3 Å². The standard InChI is InChI=1S/C10H11BrN2O4/c1-6(10(14)15)12-5-7-2-3-8(13(16)17)4-9(7)11/h2-4,6,12H,5H2,1H3,(H,14,15). The number of nitro groups is 1. The molecule has 1 aromatic carbocycles. The van der Waals surface area contributed by atoms with Crippen LogP contribution in [0.4, 0.5) is 5.69 Å². The zero-order valence-electron chi connectivity index (χ0n) is 9.01. The summed E-state index contributed by atoms with van der Waals surface area (Å²) >= 11 is 3.21. The fourth-order valence-electron chi connectivity index (χ4n) is 1.14. The highest BCUT2D eigenvalue weighted by molar-refractivity contribution is 9.10. The molecule has 0 aliphatic heterocycles. The second-order valence-electron chi connectivity index (χ2n) is 3.47. The van der Waals surface area contributed by atoms with Crippen LogP contribution >= 0.6 is 15.9 Å². The highest BCUT2D eigenvalue weighted by Gasteiger charge is 2.12. The summed E-state index contributed by atoms with van der Waals surface area (Å²) in [5, 5.41) is 22.0. The van der Waals surface area contributed by atoms with Crippen LogP contribution in [0.25, 0.3) is 0 Å². The van der Waals surface area contributed by atoms with Crippen molar-refractivity contribution in [2.45, 2.75) is 19.5 Å². The zero-order chi connectivity index (χ0) is 13.0. The van der Waals surface area contributed by atoms with Crippen molar-refractivity contribution in [1.29, 1.82) is 0 Å². The lowest BCUT2D eigenvalue weighted by Gasteiger charge is -2.10. The number of carboxylic acids is 1. The van der Waals surface area contributed by atoms with Crippen molar-refractivity contribution in [3.8, 4) is 0 Å². The lowest BCUT2D eigenvalue weighted by molar-refractivity contribution is -0.384. The van der Waals surface area contributed by atoms with E-state index in [0.717, 1.165) is 5.56 Å². The molecule has 0 bridgehead atoms. The first-order valence-corrected chi connectivity index (χ1v) is 5.60. The van der Waals surface area contributed by atoms with Crippen molar-refractivity contribution < 1.29 is 14.8 Å². The van der Waals surface area contributed by atoms with Crippen LogP contribution in [-0.4, -0.2) is 22.0 Å². The first-order valence-electron chi connectivity index (χ1n) is 4.81. The number of rotatable bonds is 5. The summed E-state index contributed by atoms with van der Waals surface area (Å²) in [4.78, 5) is 20.6. The molecule has 0 amide bonds. The van der Waals surface area contributed by atoms with Crippen LogP contribution in [0.15, 0.2) is 22.7 Å². The Labute approximate surface area is 106 Å². The third-order valence-corrected chi connectivity index (χ3v) is 2.95. The molecule has 0 aliphatic carbocycles. The van der Waals surface area contributed by atoms with Gasteiger partial charge in [0.2, 0.25) is 0 Å². The van der Waals surface area contributed by atoms with E-state index in [1.165, 1.54) is 19.1 Å². The Balaban J connectivity index is 2.73. The number of hydrogen-bond acceptors (Lipinski definition) is 4. The molecule has 17 heavy (non-hydrogen) atoms. The van der Waals surface area contributed by atoms with Gasteiger partial charge in [0.15, 0.2) is 0 Å². The fraction of sp³-hybridized carbons (Fsp3) is 0.300. The number of halogens is 1. The minimum absolute atomic E-state index is 0.00749. The predicted octanol–water partition coefficient (Wildman–Crippen LogP) is 1.92. The van der Waals surface area contributed by atoms with Gasteiger partial charge in [0, 0.05) is 23.2 Å². The summed E-state index contributed by atoms with van der Waals surface area (Å²) in [6, 6.07) is 3.69. The number of hydrogen-bond donors (Lipinski definition) is 2. The molecular formula is C10H11BrN2O4. The third kappa shape index (κ3) is 3.79. The molecule has 7 heteroatoms. The predicted molar refractivity (Wildman–Crippen MR) is 64.7 cm³/mol. The van der Waals surface area contributed by atoms with Gasteiger partial charge in [-0.3, -0.25) is 14.9 Å². The zero-order valence-corrected chi connectivity index (χ0v) is 10.6. The monoisotopic (exact) mass is 302 g/mol. The molecule has 0 saturated carbocycles. The molecule has 0 aromatic heterocycles. The van der Waals surface area contributed by atoms with Crippen LogP contribution in [0, 0.1) is 10.1 Å². The van der Waals surface area contributed by atoms with Crippen molar-refractivity contribution in [3.63, 3.8) is 0 Å². The van der Waals surface area contributed by atoms with Gasteiger partial charge in [-0.15, -0.1) is 0 Å². The molecule has 2 N–H and O–H groups in total. The summed E-state index contributed by atoms with van der Waals surface area (Å²) in [5.41, 5.74) is 0.760. The smallest absolute Gasteiger partial charge is 0.320 e. The van der Waals surface area contributed by atoms with Crippen LogP contribution < -0.4 is 5.32 Å². The SMILES string of the molecule is CC(NCc1ccc([N+](=O)[O-])cc1Br)C(=O)O. The second kappa shape index (κ2) is 5.74. The van der Waals surface area contributed by atoms with Crippen LogP contribution in [0.1, 0.15) is 12.5 Å². The average Bonchev–Trinajstić information content (AvgIpc) is 2.26. The molecule has 1 atom stereocenters. The number of carboxylic acid groups (broad SMARTS) is 1. The van der Waals surface area contributed by atoms with Gasteiger partial charge in [-0.2, -0.15) is 0 Å². The normalized spacial score (nSPS) is 12.1. The Kier molecular flexibility index (Phi) is 4.59. The third-order valence-electron chi connectivity index (χ3n) is 2.22. The molecule has 6 nitrogen and oxygen atoms in total. The molecule has 0 heterocycles. The largest absolute Gasteiger partial charge is 0.480 e. The average molecular weight is 303 g/mol. The Morgan fingerprint density at radius 1 is 1.65 bits per heavy atom. The van der Waals surface area contributed by atoms with Gasteiger partial charge in [0.05, 0.1) is 4.92 Å². The molecule has 1 rings (SSSR count). The number of carbonyl (C=O) groups is 1. The van der Waals surface area contributed by atoms with Gasteiger partial charge < -0.3 is 10.4 Å². The van der Waals surface area contributed by atoms with E-state index < -0.39 is 16.9 Å². The number of nitrogens with zero attached hydrogens (tertiary/aromatic N) is 1. The molecule has 0 aliphatic rings. The molecule has 0 saturated heterocycles. The van der Waals surface area contributed by atoms with E-state index in [2.05, 4.69) is 21.2 Å². The van der Waals surface area contributed by atoms with Crippen LogP contribution in [0.2, 0.25) is 0 Å². The minimum Gasteiger partial charge on any atom is -0.480 e. The van der Waals surface area contributed by atoms with E-state index in [1.54, 1.807) is 6.07 Å². The summed E-state index contributed by atoms with van der Waals surface area (Å²) in [6.07, 6.45) is 0. The lowest BCUT2D eigenvalue weighted by Crippen LogP contribution is -2.33. The number of aliphatic carboxylic acids is 1. The van der Waals surface area contributed by atoms with Crippen LogP contribution in [-0.2, 0) is 11.3 Å². The maximum absolute atomic E-state index is 10.6. The first kappa shape index (κ1) is 13.6. The van der Waals surface area contributed by atoms with Gasteiger partial charge in [0.25, 0.3) is 5.69 Å². The molecular weight excluding hydrogens is 292 g/mol.